The second-order valence-corrected chi connectivity index (χ2v) is 17.7. The van der Waals surface area contributed by atoms with Gasteiger partial charge in [0.2, 0.25) is 0 Å². The highest BCUT2D eigenvalue weighted by Gasteiger charge is 2.67. The molecule has 0 spiro atoms. The summed E-state index contributed by atoms with van der Waals surface area (Å²) in [5.74, 6) is -1.10. The summed E-state index contributed by atoms with van der Waals surface area (Å²) in [7, 11) is 0. The van der Waals surface area contributed by atoms with Crippen LogP contribution in [0.1, 0.15) is 79.1 Å². The van der Waals surface area contributed by atoms with Gasteiger partial charge in [0.1, 0.15) is 60.7 Å². The van der Waals surface area contributed by atoms with E-state index in [0.29, 0.717) is 32.1 Å². The van der Waals surface area contributed by atoms with Gasteiger partial charge in [-0.3, -0.25) is 9.59 Å². The van der Waals surface area contributed by atoms with Crippen molar-refractivity contribution in [3.05, 3.63) is 0 Å². The van der Waals surface area contributed by atoms with E-state index >= 15 is 0 Å². The molecule has 0 aromatic heterocycles. The van der Waals surface area contributed by atoms with Crippen molar-refractivity contribution in [2.45, 2.75) is 159 Å². The van der Waals surface area contributed by atoms with E-state index in [1.165, 1.54) is 0 Å². The number of carbonyl (C=O) groups excluding carboxylic acids is 2. The first-order valence-electron chi connectivity index (χ1n) is 19.7. The third-order valence-electron chi connectivity index (χ3n) is 14.5. The molecular formula is C38H62O16. The first kappa shape index (κ1) is 42.2. The van der Waals surface area contributed by atoms with E-state index in [1.54, 1.807) is 6.92 Å². The normalized spacial score (nSPS) is 51.1. The number of aliphatic hydroxyl groups excluding tert-OH is 9. The van der Waals surface area contributed by atoms with Crippen molar-refractivity contribution in [2.24, 2.45) is 46.3 Å². The Labute approximate surface area is 315 Å². The summed E-state index contributed by atoms with van der Waals surface area (Å²) in [5.41, 5.74) is -1.11. The van der Waals surface area contributed by atoms with Gasteiger partial charge in [0.15, 0.2) is 12.6 Å². The lowest BCUT2D eigenvalue weighted by Gasteiger charge is -2.63. The Morgan fingerprint density at radius 2 is 1.54 bits per heavy atom. The van der Waals surface area contributed by atoms with Crippen molar-refractivity contribution in [3.63, 3.8) is 0 Å². The molecule has 9 N–H and O–H groups in total. The number of Topliss-reactive ketones (excluding diaryl/α,β-unsaturated/α-hetero) is 1. The molecule has 54 heavy (non-hydrogen) atoms. The summed E-state index contributed by atoms with van der Waals surface area (Å²) in [4.78, 5) is 26.7. The lowest BCUT2D eigenvalue weighted by atomic mass is 9.43. The highest BCUT2D eigenvalue weighted by atomic mass is 16.7. The Morgan fingerprint density at radius 1 is 0.833 bits per heavy atom. The molecule has 310 valence electrons. The number of esters is 1. The van der Waals surface area contributed by atoms with Gasteiger partial charge >= 0.3 is 5.97 Å². The Bertz CT molecular complexity index is 1320. The molecule has 0 radical (unpaired) electrons. The van der Waals surface area contributed by atoms with Crippen LogP contribution >= 0.6 is 0 Å². The molecule has 4 saturated carbocycles. The van der Waals surface area contributed by atoms with Crippen LogP contribution in [0.15, 0.2) is 0 Å². The first-order valence-corrected chi connectivity index (χ1v) is 19.7. The Balaban J connectivity index is 1.11. The second-order valence-electron chi connectivity index (χ2n) is 17.7. The van der Waals surface area contributed by atoms with Gasteiger partial charge in [0.05, 0.1) is 37.9 Å². The summed E-state index contributed by atoms with van der Waals surface area (Å²) in [5, 5.41) is 93.1. The molecule has 21 unspecified atom stereocenters. The molecule has 21 atom stereocenters. The van der Waals surface area contributed by atoms with Gasteiger partial charge in [-0.1, -0.05) is 20.8 Å². The second kappa shape index (κ2) is 16.5. The standard InChI is InChI=1S/C38H62O16/c1-16(14-50-35-33(49)31(47)30(46)25(13-39)53-35)5-8-26(43)52-24-12-21-19-7-6-18-11-22(41)29(45)34(54-36-32(48)28(44)23(42)15-51-36)38(18,4)20(19)9-10-37(21,3)27(24)17(2)40/h16,18-25,27-36,39,41-42,44-49H,5-15H2,1-4H3. The van der Waals surface area contributed by atoms with Gasteiger partial charge < -0.3 is 69.6 Å². The number of hydrogen-bond donors (Lipinski definition) is 9. The minimum absolute atomic E-state index is 0.00401. The van der Waals surface area contributed by atoms with E-state index in [4.69, 9.17) is 23.7 Å². The predicted molar refractivity (Wildman–Crippen MR) is 185 cm³/mol. The quantitative estimate of drug-likeness (QED) is 0.111. The Morgan fingerprint density at radius 3 is 2.22 bits per heavy atom. The van der Waals surface area contributed by atoms with Gasteiger partial charge in [-0.25, -0.2) is 0 Å². The number of ketones is 1. The topological polar surface area (TPSA) is 262 Å². The maximum atomic E-state index is 13.4. The van der Waals surface area contributed by atoms with Crippen molar-refractivity contribution < 1.29 is 79.2 Å². The van der Waals surface area contributed by atoms with Gasteiger partial charge in [0.25, 0.3) is 0 Å². The summed E-state index contributed by atoms with van der Waals surface area (Å²) >= 11 is 0. The molecule has 2 heterocycles. The van der Waals surface area contributed by atoms with Crippen molar-refractivity contribution >= 4 is 11.8 Å². The van der Waals surface area contributed by atoms with E-state index in [-0.39, 0.29) is 55.0 Å². The van der Waals surface area contributed by atoms with Crippen molar-refractivity contribution in [1.29, 1.82) is 0 Å². The van der Waals surface area contributed by atoms with Crippen LogP contribution in [0.3, 0.4) is 0 Å². The average molecular weight is 775 g/mol. The van der Waals surface area contributed by atoms with Crippen LogP contribution in [0.2, 0.25) is 0 Å². The highest BCUT2D eigenvalue weighted by Crippen LogP contribution is 2.68. The van der Waals surface area contributed by atoms with E-state index in [9.17, 15) is 55.5 Å². The summed E-state index contributed by atoms with van der Waals surface area (Å²) < 4.78 is 29.1. The van der Waals surface area contributed by atoms with E-state index in [0.717, 1.165) is 12.8 Å². The SMILES string of the molecule is CC(=O)C1C(OC(=O)CCC(C)COC2OC(CO)C(O)C(O)C2O)CC2C3CCC4CC(O)C(O)C(OC5OCC(O)C(O)C5O)C4(C)C3CCC21C. The fourth-order valence-electron chi connectivity index (χ4n) is 11.5. The van der Waals surface area contributed by atoms with Crippen LogP contribution in [0.25, 0.3) is 0 Å². The zero-order chi connectivity index (χ0) is 39.4. The van der Waals surface area contributed by atoms with Gasteiger partial charge in [0, 0.05) is 11.8 Å². The molecule has 2 aliphatic heterocycles. The highest BCUT2D eigenvalue weighted by molar-refractivity contribution is 5.81. The minimum atomic E-state index is -1.56. The predicted octanol–water partition coefficient (Wildman–Crippen LogP) is -1.25. The van der Waals surface area contributed by atoms with E-state index in [1.807, 2.05) is 6.92 Å². The lowest BCUT2D eigenvalue weighted by molar-refractivity contribution is -0.328. The molecule has 6 rings (SSSR count). The molecule has 0 aromatic carbocycles. The Kier molecular flexibility index (Phi) is 12.9. The summed E-state index contributed by atoms with van der Waals surface area (Å²) in [6.07, 6.45) is -12.3. The van der Waals surface area contributed by atoms with Crippen LogP contribution in [0.4, 0.5) is 0 Å². The first-order chi connectivity index (χ1) is 25.4. The number of hydrogen-bond acceptors (Lipinski definition) is 16. The molecule has 16 heteroatoms. The minimum Gasteiger partial charge on any atom is -0.462 e. The zero-order valence-corrected chi connectivity index (χ0v) is 31.6. The monoisotopic (exact) mass is 774 g/mol. The van der Waals surface area contributed by atoms with Crippen LogP contribution in [0, 0.1) is 46.3 Å². The summed E-state index contributed by atoms with van der Waals surface area (Å²) in [6, 6.07) is 0. The van der Waals surface area contributed by atoms with Crippen LogP contribution in [-0.4, -0.2) is 157 Å². The molecule has 6 fully saturated rings. The van der Waals surface area contributed by atoms with Crippen LogP contribution < -0.4 is 0 Å². The molecular weight excluding hydrogens is 712 g/mol. The molecule has 6 aliphatic rings. The third-order valence-corrected chi connectivity index (χ3v) is 14.5. The molecule has 0 bridgehead atoms. The fraction of sp³-hybridized carbons (Fsp3) is 0.947. The van der Waals surface area contributed by atoms with Crippen LogP contribution in [-0.2, 0) is 33.3 Å². The van der Waals surface area contributed by atoms with E-state index < -0.39 is 109 Å². The molecule has 0 aromatic rings. The molecule has 0 amide bonds. The van der Waals surface area contributed by atoms with Crippen molar-refractivity contribution in [1.82, 2.24) is 0 Å². The number of aliphatic hydroxyl groups is 9. The van der Waals surface area contributed by atoms with Gasteiger partial charge in [-0.2, -0.15) is 0 Å². The molecule has 4 aliphatic carbocycles. The van der Waals surface area contributed by atoms with Gasteiger partial charge in [-0.05, 0) is 86.9 Å². The largest absolute Gasteiger partial charge is 0.462 e. The maximum Gasteiger partial charge on any atom is 0.306 e. The maximum absolute atomic E-state index is 13.4. The summed E-state index contributed by atoms with van der Waals surface area (Å²) in [6.45, 7) is 6.79. The van der Waals surface area contributed by atoms with E-state index in [2.05, 4.69) is 13.8 Å². The number of ether oxygens (including phenoxy) is 5. The number of rotatable bonds is 11. The number of carbonyl (C=O) groups is 2. The van der Waals surface area contributed by atoms with Crippen LogP contribution in [0.5, 0.6) is 0 Å². The van der Waals surface area contributed by atoms with Gasteiger partial charge in [-0.15, -0.1) is 0 Å². The fourth-order valence-corrected chi connectivity index (χ4v) is 11.5. The molecule has 2 saturated heterocycles. The zero-order valence-electron chi connectivity index (χ0n) is 31.6. The molecule has 16 nitrogen and oxygen atoms in total. The number of fused-ring (bicyclic) bond motifs is 5. The van der Waals surface area contributed by atoms with Crippen molar-refractivity contribution in [3.8, 4) is 0 Å². The lowest BCUT2D eigenvalue weighted by Crippen LogP contribution is -2.66. The average Bonchev–Trinajstić information content (AvgIpc) is 3.43. The van der Waals surface area contributed by atoms with Crippen molar-refractivity contribution in [2.75, 3.05) is 19.8 Å². The third kappa shape index (κ3) is 7.53. The smallest absolute Gasteiger partial charge is 0.306 e. The Hall–Kier alpha value is -1.38.